The van der Waals surface area contributed by atoms with E-state index in [9.17, 15) is 8.42 Å². The molecule has 1 aromatic carbocycles. The van der Waals surface area contributed by atoms with Crippen molar-refractivity contribution in [3.05, 3.63) is 30.1 Å². The Kier molecular flexibility index (Phi) is 2.87. The molecular weight excluding hydrogens is 264 g/mol. The summed E-state index contributed by atoms with van der Waals surface area (Å²) < 4.78 is 24.9. The summed E-state index contributed by atoms with van der Waals surface area (Å²) in [7, 11) is -3.16. The van der Waals surface area contributed by atoms with Crippen molar-refractivity contribution in [3.63, 3.8) is 0 Å². The Bertz CT molecular complexity index is 704. The summed E-state index contributed by atoms with van der Waals surface area (Å²) in [5.74, 6) is 1.70. The van der Waals surface area contributed by atoms with Gasteiger partial charge in [-0.3, -0.25) is 0 Å². The Morgan fingerprint density at radius 3 is 2.63 bits per heavy atom. The van der Waals surface area contributed by atoms with Gasteiger partial charge < -0.3 is 9.88 Å². The molecule has 0 saturated carbocycles. The van der Waals surface area contributed by atoms with Gasteiger partial charge in [-0.2, -0.15) is 0 Å². The van der Waals surface area contributed by atoms with Crippen molar-refractivity contribution in [2.45, 2.75) is 18.0 Å². The van der Waals surface area contributed by atoms with E-state index in [1.807, 2.05) is 0 Å². The topological polar surface area (TPSA) is 76.9 Å². The van der Waals surface area contributed by atoms with Crippen LogP contribution < -0.4 is 5.32 Å². The fourth-order valence-corrected chi connectivity index (χ4v) is 2.79. The Morgan fingerprint density at radius 2 is 1.95 bits per heavy atom. The minimum Gasteiger partial charge on any atom is -0.309 e. The maximum atomic E-state index is 11.4. The molecule has 7 heteroatoms. The molecule has 0 amide bonds. The van der Waals surface area contributed by atoms with Crippen molar-refractivity contribution in [2.75, 3.05) is 12.8 Å². The molecule has 0 saturated heterocycles. The van der Waals surface area contributed by atoms with E-state index in [4.69, 9.17) is 0 Å². The highest BCUT2D eigenvalue weighted by Gasteiger charge is 2.17. The lowest BCUT2D eigenvalue weighted by atomic mass is 10.2. The number of rotatable bonds is 2. The van der Waals surface area contributed by atoms with Crippen molar-refractivity contribution in [1.82, 2.24) is 20.1 Å². The van der Waals surface area contributed by atoms with Crippen molar-refractivity contribution >= 4 is 9.84 Å². The molecule has 1 N–H and O–H groups in total. The number of aromatic nitrogens is 3. The van der Waals surface area contributed by atoms with Crippen LogP contribution >= 0.6 is 0 Å². The van der Waals surface area contributed by atoms with Gasteiger partial charge in [0.05, 0.1) is 11.4 Å². The predicted octanol–water partition coefficient (Wildman–Crippen LogP) is 0.452. The zero-order valence-electron chi connectivity index (χ0n) is 10.5. The molecule has 0 aliphatic carbocycles. The molecule has 19 heavy (non-hydrogen) atoms. The van der Waals surface area contributed by atoms with Crippen LogP contribution in [0, 0.1) is 0 Å². The Morgan fingerprint density at radius 1 is 1.21 bits per heavy atom. The van der Waals surface area contributed by atoms with E-state index < -0.39 is 9.84 Å². The minimum atomic E-state index is -3.16. The summed E-state index contributed by atoms with van der Waals surface area (Å²) in [6, 6.07) is 6.76. The van der Waals surface area contributed by atoms with Crippen molar-refractivity contribution in [2.24, 2.45) is 0 Å². The minimum absolute atomic E-state index is 0.316. The molecule has 6 nitrogen and oxygen atoms in total. The molecule has 0 spiro atoms. The number of nitrogens with zero attached hydrogens (tertiary/aromatic N) is 3. The highest BCUT2D eigenvalue weighted by molar-refractivity contribution is 7.90. The Hall–Kier alpha value is -1.73. The van der Waals surface area contributed by atoms with Gasteiger partial charge >= 0.3 is 0 Å². The van der Waals surface area contributed by atoms with E-state index in [2.05, 4.69) is 20.1 Å². The second kappa shape index (κ2) is 4.43. The zero-order chi connectivity index (χ0) is 13.5. The molecule has 1 aliphatic heterocycles. The predicted molar refractivity (Wildman–Crippen MR) is 70.3 cm³/mol. The highest BCUT2D eigenvalue weighted by Crippen LogP contribution is 2.21. The summed E-state index contributed by atoms with van der Waals surface area (Å²) in [6.45, 7) is 2.43. The fraction of sp³-hybridized carbons (Fsp3) is 0.333. The molecule has 0 atom stereocenters. The number of hydrogen-bond acceptors (Lipinski definition) is 5. The normalized spacial score (nSPS) is 15.2. The van der Waals surface area contributed by atoms with Crippen molar-refractivity contribution in [1.29, 1.82) is 0 Å². The van der Waals surface area contributed by atoms with Gasteiger partial charge in [0.15, 0.2) is 15.7 Å². The summed E-state index contributed by atoms with van der Waals surface area (Å²) in [6.07, 6.45) is 1.20. The second-order valence-electron chi connectivity index (χ2n) is 4.56. The molecule has 1 aliphatic rings. The van der Waals surface area contributed by atoms with Crippen molar-refractivity contribution < 1.29 is 8.42 Å². The van der Waals surface area contributed by atoms with Crippen molar-refractivity contribution in [3.8, 4) is 11.4 Å². The van der Waals surface area contributed by atoms with E-state index in [0.29, 0.717) is 11.4 Å². The van der Waals surface area contributed by atoms with Gasteiger partial charge in [-0.1, -0.05) is 0 Å². The molecule has 2 heterocycles. The third-order valence-corrected chi connectivity index (χ3v) is 4.29. The maximum Gasteiger partial charge on any atom is 0.175 e. The van der Waals surface area contributed by atoms with Gasteiger partial charge in [-0.05, 0) is 24.3 Å². The van der Waals surface area contributed by atoms with Crippen LogP contribution in [0.2, 0.25) is 0 Å². The highest BCUT2D eigenvalue weighted by atomic mass is 32.2. The average Bonchev–Trinajstić information content (AvgIpc) is 2.82. The van der Waals surface area contributed by atoms with Crippen LogP contribution in [0.4, 0.5) is 0 Å². The zero-order valence-corrected chi connectivity index (χ0v) is 11.3. The van der Waals surface area contributed by atoms with Gasteiger partial charge in [0.25, 0.3) is 0 Å². The molecule has 1 aromatic heterocycles. The third kappa shape index (κ3) is 2.26. The Balaban J connectivity index is 2.01. The van der Waals surface area contributed by atoms with Crippen LogP contribution in [-0.2, 0) is 22.9 Å². The monoisotopic (exact) mass is 278 g/mol. The number of hydrogen-bond donors (Lipinski definition) is 1. The molecule has 0 unspecified atom stereocenters. The summed E-state index contributed by atoms with van der Waals surface area (Å²) in [5, 5.41) is 11.6. The number of benzene rings is 1. The molecule has 2 aromatic rings. The molecular formula is C12H14N4O2S. The Labute approximate surface area is 111 Å². The van der Waals surface area contributed by atoms with Crippen LogP contribution in [-0.4, -0.2) is 36.0 Å². The lowest BCUT2D eigenvalue weighted by Gasteiger charge is -2.16. The quantitative estimate of drug-likeness (QED) is 0.863. The van der Waals surface area contributed by atoms with Crippen LogP contribution in [0.1, 0.15) is 5.82 Å². The first-order valence-electron chi connectivity index (χ1n) is 5.99. The van der Waals surface area contributed by atoms with E-state index >= 15 is 0 Å². The average molecular weight is 278 g/mol. The first kappa shape index (κ1) is 12.3. The summed E-state index contributed by atoms with van der Waals surface area (Å²) in [5.41, 5.74) is 0.882. The second-order valence-corrected chi connectivity index (χ2v) is 6.58. The van der Waals surface area contributed by atoms with Crippen LogP contribution in [0.15, 0.2) is 29.2 Å². The number of sulfone groups is 1. The van der Waals surface area contributed by atoms with E-state index in [-0.39, 0.29) is 0 Å². The van der Waals surface area contributed by atoms with E-state index in [0.717, 1.165) is 30.3 Å². The van der Waals surface area contributed by atoms with Crippen LogP contribution in [0.5, 0.6) is 0 Å². The lowest BCUT2D eigenvalue weighted by Crippen LogP contribution is -2.28. The maximum absolute atomic E-state index is 11.4. The molecule has 100 valence electrons. The standard InChI is InChI=1S/C12H14N4O2S/c1-19(17,18)10-4-2-9(3-5-10)12-15-14-11-8-13-6-7-16(11)12/h2-5,13H,6-8H2,1H3. The number of nitrogens with one attached hydrogen (secondary N) is 1. The van der Waals surface area contributed by atoms with Gasteiger partial charge in [0, 0.05) is 24.9 Å². The summed E-state index contributed by atoms with van der Waals surface area (Å²) >= 11 is 0. The van der Waals surface area contributed by atoms with Crippen LogP contribution in [0.3, 0.4) is 0 Å². The van der Waals surface area contributed by atoms with Gasteiger partial charge in [-0.25, -0.2) is 8.42 Å². The molecule has 0 bridgehead atoms. The SMILES string of the molecule is CS(=O)(=O)c1ccc(-c2nnc3n2CCNC3)cc1. The van der Waals surface area contributed by atoms with Gasteiger partial charge in [0.2, 0.25) is 0 Å². The first-order valence-corrected chi connectivity index (χ1v) is 7.88. The van der Waals surface area contributed by atoms with Crippen LogP contribution in [0.25, 0.3) is 11.4 Å². The van der Waals surface area contributed by atoms with E-state index in [1.54, 1.807) is 24.3 Å². The van der Waals surface area contributed by atoms with Gasteiger partial charge in [0.1, 0.15) is 5.82 Å². The van der Waals surface area contributed by atoms with E-state index in [1.165, 1.54) is 6.26 Å². The summed E-state index contributed by atoms with van der Waals surface area (Å²) in [4.78, 5) is 0.316. The fourth-order valence-electron chi connectivity index (χ4n) is 2.16. The molecule has 0 radical (unpaired) electrons. The smallest absolute Gasteiger partial charge is 0.175 e. The number of fused-ring (bicyclic) bond motifs is 1. The largest absolute Gasteiger partial charge is 0.309 e. The molecule has 0 fully saturated rings. The molecule has 3 rings (SSSR count). The first-order chi connectivity index (χ1) is 9.05. The van der Waals surface area contributed by atoms with Gasteiger partial charge in [-0.15, -0.1) is 10.2 Å². The lowest BCUT2D eigenvalue weighted by molar-refractivity contribution is 0.508. The third-order valence-electron chi connectivity index (χ3n) is 3.16.